The molecule has 0 radical (unpaired) electrons. The number of halogens is 1. The van der Waals surface area contributed by atoms with Crippen molar-refractivity contribution in [3.63, 3.8) is 0 Å². The predicted octanol–water partition coefficient (Wildman–Crippen LogP) is 2.17. The van der Waals surface area contributed by atoms with Crippen molar-refractivity contribution < 1.29 is 17.4 Å². The van der Waals surface area contributed by atoms with Crippen molar-refractivity contribution in [3.05, 3.63) is 35.4 Å². The second-order valence-corrected chi connectivity index (χ2v) is 9.20. The fraction of sp³-hybridized carbons (Fsp3) is 0.0833. The van der Waals surface area contributed by atoms with E-state index in [9.17, 15) is 17.4 Å². The molecule has 0 aliphatic carbocycles. The molecule has 1 amide bonds. The van der Waals surface area contributed by atoms with E-state index in [1.54, 1.807) is 6.07 Å². The van der Waals surface area contributed by atoms with Crippen LogP contribution in [0.15, 0.2) is 43.6 Å². The van der Waals surface area contributed by atoms with E-state index in [0.29, 0.717) is 14.8 Å². The van der Waals surface area contributed by atoms with Gasteiger partial charge in [-0.2, -0.15) is 0 Å². The summed E-state index contributed by atoms with van der Waals surface area (Å²) in [7, 11) is -5.41. The third-order valence-electron chi connectivity index (χ3n) is 2.49. The number of rotatable bonds is 4. The quantitative estimate of drug-likeness (QED) is 0.850. The molecule has 0 bridgehead atoms. The minimum Gasteiger partial charge on any atom is -0.325 e. The highest BCUT2D eigenvalue weighted by atomic mass is 35.5. The predicted molar refractivity (Wildman–Crippen MR) is 86.1 cm³/mol. The number of nitrogens with two attached hydrogens (primary N) is 1. The standard InChI is InChI=1S/C12H11ClN2O4S3/c1-7(16)15-10-3-2-8(6-9(10)13)21(17)11-4-5-12(20-11)22(14,18)19/h2-6H,1H3,(H,15,16)(H2,14,18,19). The molecule has 1 atom stereocenters. The number of sulfonamides is 1. The van der Waals surface area contributed by atoms with Gasteiger partial charge in [-0.15, -0.1) is 11.3 Å². The highest BCUT2D eigenvalue weighted by Crippen LogP contribution is 2.30. The average molecular weight is 379 g/mol. The summed E-state index contributed by atoms with van der Waals surface area (Å²) in [6.07, 6.45) is 0. The first kappa shape index (κ1) is 17.1. The summed E-state index contributed by atoms with van der Waals surface area (Å²) >= 11 is 6.86. The summed E-state index contributed by atoms with van der Waals surface area (Å²) in [5.41, 5.74) is 0.409. The molecule has 0 aliphatic heterocycles. The molecule has 0 saturated carbocycles. The molecule has 2 aromatic rings. The molecular formula is C12H11ClN2O4S3. The lowest BCUT2D eigenvalue weighted by molar-refractivity contribution is -0.114. The minimum atomic E-state index is -3.82. The van der Waals surface area contributed by atoms with Crippen LogP contribution >= 0.6 is 22.9 Å². The van der Waals surface area contributed by atoms with E-state index in [0.717, 1.165) is 11.3 Å². The van der Waals surface area contributed by atoms with Gasteiger partial charge in [0.2, 0.25) is 15.9 Å². The first-order valence-electron chi connectivity index (χ1n) is 5.80. The number of carbonyl (C=O) groups is 1. The summed E-state index contributed by atoms with van der Waals surface area (Å²) in [4.78, 5) is 11.4. The van der Waals surface area contributed by atoms with Crippen LogP contribution in [0.1, 0.15) is 6.92 Å². The van der Waals surface area contributed by atoms with E-state index < -0.39 is 20.8 Å². The lowest BCUT2D eigenvalue weighted by Gasteiger charge is -2.06. The second kappa shape index (κ2) is 6.47. The summed E-state index contributed by atoms with van der Waals surface area (Å²) < 4.78 is 35.2. The molecule has 1 unspecified atom stereocenters. The van der Waals surface area contributed by atoms with Crippen molar-refractivity contribution in [2.45, 2.75) is 20.2 Å². The molecule has 2 rings (SSSR count). The fourth-order valence-corrected chi connectivity index (χ4v) is 5.19. The minimum absolute atomic E-state index is 0.0585. The molecule has 118 valence electrons. The van der Waals surface area contributed by atoms with E-state index >= 15 is 0 Å². The van der Waals surface area contributed by atoms with Gasteiger partial charge in [-0.1, -0.05) is 11.6 Å². The molecule has 10 heteroatoms. The van der Waals surface area contributed by atoms with Crippen LogP contribution in [0.2, 0.25) is 5.02 Å². The van der Waals surface area contributed by atoms with E-state index in [4.69, 9.17) is 16.7 Å². The number of amides is 1. The summed E-state index contributed by atoms with van der Waals surface area (Å²) in [5, 5.41) is 7.80. The monoisotopic (exact) mass is 378 g/mol. The first-order chi connectivity index (χ1) is 10.2. The van der Waals surface area contributed by atoms with Crippen molar-refractivity contribution in [2.75, 3.05) is 5.32 Å². The maximum absolute atomic E-state index is 12.4. The molecule has 1 heterocycles. The maximum Gasteiger partial charge on any atom is 0.247 e. The van der Waals surface area contributed by atoms with Gasteiger partial charge in [0.25, 0.3) is 0 Å². The number of primary sulfonamides is 1. The average Bonchev–Trinajstić information content (AvgIpc) is 2.89. The molecule has 1 aromatic carbocycles. The number of anilines is 1. The third kappa shape index (κ3) is 3.93. The van der Waals surface area contributed by atoms with Gasteiger partial charge in [-0.3, -0.25) is 4.79 Å². The van der Waals surface area contributed by atoms with E-state index in [1.165, 1.54) is 31.2 Å². The highest BCUT2D eigenvalue weighted by molar-refractivity contribution is 7.92. The van der Waals surface area contributed by atoms with Crippen LogP contribution in [0.3, 0.4) is 0 Å². The van der Waals surface area contributed by atoms with Crippen LogP contribution in [-0.2, 0) is 25.6 Å². The van der Waals surface area contributed by atoms with Crippen LogP contribution in [0.25, 0.3) is 0 Å². The third-order valence-corrected chi connectivity index (χ3v) is 7.00. The van der Waals surface area contributed by atoms with Gasteiger partial charge < -0.3 is 5.32 Å². The molecule has 22 heavy (non-hydrogen) atoms. The Bertz CT molecular complexity index is 861. The molecule has 0 aliphatic rings. The molecule has 1 aromatic heterocycles. The molecule has 6 nitrogen and oxygen atoms in total. The summed E-state index contributed by atoms with van der Waals surface area (Å²) in [6, 6.07) is 7.28. The van der Waals surface area contributed by atoms with E-state index in [-0.39, 0.29) is 15.1 Å². The Labute approximate surface area is 138 Å². The maximum atomic E-state index is 12.4. The van der Waals surface area contributed by atoms with Gasteiger partial charge in [-0.25, -0.2) is 17.8 Å². The van der Waals surface area contributed by atoms with Crippen molar-refractivity contribution in [1.29, 1.82) is 0 Å². The topological polar surface area (TPSA) is 106 Å². The van der Waals surface area contributed by atoms with Gasteiger partial charge in [0.05, 0.1) is 25.7 Å². The van der Waals surface area contributed by atoms with E-state index in [1.807, 2.05) is 0 Å². The van der Waals surface area contributed by atoms with Gasteiger partial charge >= 0.3 is 0 Å². The fourth-order valence-electron chi connectivity index (χ4n) is 1.57. The Kier molecular flexibility index (Phi) is 5.03. The van der Waals surface area contributed by atoms with Crippen LogP contribution in [0, 0.1) is 0 Å². The van der Waals surface area contributed by atoms with Crippen molar-refractivity contribution >= 4 is 55.4 Å². The normalized spacial score (nSPS) is 12.9. The zero-order valence-electron chi connectivity index (χ0n) is 11.2. The molecular weight excluding hydrogens is 368 g/mol. The van der Waals surface area contributed by atoms with Crippen LogP contribution in [0.4, 0.5) is 5.69 Å². The Hall–Kier alpha value is -1.26. The second-order valence-electron chi connectivity index (χ2n) is 4.21. The lowest BCUT2D eigenvalue weighted by Crippen LogP contribution is -2.09. The van der Waals surface area contributed by atoms with Crippen molar-refractivity contribution in [2.24, 2.45) is 5.14 Å². The SMILES string of the molecule is CC(=O)Nc1ccc(S(=O)c2ccc(S(N)(=O)=O)s2)cc1Cl. The van der Waals surface area contributed by atoms with Crippen molar-refractivity contribution in [1.82, 2.24) is 0 Å². The van der Waals surface area contributed by atoms with Crippen LogP contribution in [-0.4, -0.2) is 18.5 Å². The van der Waals surface area contributed by atoms with Gasteiger partial charge in [-0.05, 0) is 30.3 Å². The number of nitrogens with one attached hydrogen (secondary N) is 1. The smallest absolute Gasteiger partial charge is 0.247 e. The van der Waals surface area contributed by atoms with Crippen molar-refractivity contribution in [3.8, 4) is 0 Å². The lowest BCUT2D eigenvalue weighted by atomic mass is 10.3. The number of carbonyl (C=O) groups excluding carboxylic acids is 1. The van der Waals surface area contributed by atoms with Crippen LogP contribution in [0.5, 0.6) is 0 Å². The largest absolute Gasteiger partial charge is 0.325 e. The summed E-state index contributed by atoms with van der Waals surface area (Å²) in [5.74, 6) is -0.271. The molecule has 3 N–H and O–H groups in total. The molecule has 0 saturated heterocycles. The Morgan fingerprint density at radius 3 is 2.50 bits per heavy atom. The number of benzene rings is 1. The Morgan fingerprint density at radius 1 is 1.32 bits per heavy atom. The zero-order chi connectivity index (χ0) is 16.5. The van der Waals surface area contributed by atoms with Gasteiger partial charge in [0.1, 0.15) is 4.21 Å². The highest BCUT2D eigenvalue weighted by Gasteiger charge is 2.16. The zero-order valence-corrected chi connectivity index (χ0v) is 14.4. The number of hydrogen-bond donors (Lipinski definition) is 2. The van der Waals surface area contributed by atoms with E-state index in [2.05, 4.69) is 5.32 Å². The van der Waals surface area contributed by atoms with Gasteiger partial charge in [0, 0.05) is 11.8 Å². The molecule has 0 spiro atoms. The van der Waals surface area contributed by atoms with Crippen LogP contribution < -0.4 is 10.5 Å². The Morgan fingerprint density at radius 2 is 2.00 bits per heavy atom. The number of hydrogen-bond acceptors (Lipinski definition) is 5. The Balaban J connectivity index is 2.32. The molecule has 0 fully saturated rings. The number of thiophene rings is 1. The first-order valence-corrected chi connectivity index (χ1v) is 9.69. The van der Waals surface area contributed by atoms with Gasteiger partial charge in [0.15, 0.2) is 0 Å². The summed E-state index contributed by atoms with van der Waals surface area (Å²) in [6.45, 7) is 1.35.